The molecule has 3 heteroatoms. The molecule has 0 amide bonds. The summed E-state index contributed by atoms with van der Waals surface area (Å²) in [5.41, 5.74) is 0.633. The van der Waals surface area contributed by atoms with Gasteiger partial charge in [0.15, 0.2) is 5.17 Å². The van der Waals surface area contributed by atoms with Gasteiger partial charge in [-0.25, -0.2) is 0 Å². The highest BCUT2D eigenvalue weighted by Crippen LogP contribution is 2.49. The van der Waals surface area contributed by atoms with Crippen LogP contribution in [0, 0.1) is 11.3 Å². The van der Waals surface area contributed by atoms with Gasteiger partial charge in [-0.2, -0.15) is 0 Å². The summed E-state index contributed by atoms with van der Waals surface area (Å²) >= 11 is 1.94. The number of nitrogens with one attached hydrogen (secondary N) is 1. The lowest BCUT2D eigenvalue weighted by Crippen LogP contribution is -2.28. The minimum absolute atomic E-state index is 0.633. The Hall–Kier alpha value is -0.180. The molecule has 1 N–H and O–H groups in total. The van der Waals surface area contributed by atoms with Crippen LogP contribution in [0.1, 0.15) is 46.5 Å². The van der Waals surface area contributed by atoms with Crippen molar-refractivity contribution >= 4 is 16.9 Å². The van der Waals surface area contributed by atoms with Gasteiger partial charge in [0.1, 0.15) is 0 Å². The largest absolute Gasteiger partial charge is 0.364 e. The van der Waals surface area contributed by atoms with Gasteiger partial charge in [-0.15, -0.1) is 0 Å². The van der Waals surface area contributed by atoms with E-state index in [-0.39, 0.29) is 0 Å². The highest BCUT2D eigenvalue weighted by molar-refractivity contribution is 8.14. The van der Waals surface area contributed by atoms with E-state index in [0.717, 1.165) is 19.0 Å². The van der Waals surface area contributed by atoms with Crippen molar-refractivity contribution in [2.45, 2.75) is 51.7 Å². The third-order valence-electron chi connectivity index (χ3n) is 3.77. The van der Waals surface area contributed by atoms with E-state index in [4.69, 9.17) is 0 Å². The van der Waals surface area contributed by atoms with Crippen LogP contribution in [0.25, 0.3) is 0 Å². The summed E-state index contributed by atoms with van der Waals surface area (Å²) < 4.78 is 0. The maximum Gasteiger partial charge on any atom is 0.156 e. The topological polar surface area (TPSA) is 24.4 Å². The molecule has 1 aliphatic carbocycles. The van der Waals surface area contributed by atoms with E-state index in [0.29, 0.717) is 10.7 Å². The van der Waals surface area contributed by atoms with E-state index in [1.807, 2.05) is 11.8 Å². The Labute approximate surface area is 104 Å². The molecule has 1 heterocycles. The maximum absolute atomic E-state index is 4.60. The zero-order valence-electron chi connectivity index (χ0n) is 10.8. The van der Waals surface area contributed by atoms with E-state index >= 15 is 0 Å². The number of rotatable bonds is 5. The van der Waals surface area contributed by atoms with Gasteiger partial charge in [-0.1, -0.05) is 39.0 Å². The Balaban J connectivity index is 1.72. The molecule has 0 spiro atoms. The van der Waals surface area contributed by atoms with Crippen LogP contribution in [-0.4, -0.2) is 23.5 Å². The van der Waals surface area contributed by atoms with Crippen molar-refractivity contribution in [1.29, 1.82) is 0 Å². The molecule has 92 valence electrons. The van der Waals surface area contributed by atoms with E-state index in [9.17, 15) is 0 Å². The smallest absolute Gasteiger partial charge is 0.156 e. The number of aliphatic imine (C=N–C) groups is 1. The zero-order valence-corrected chi connectivity index (χ0v) is 11.6. The van der Waals surface area contributed by atoms with Crippen molar-refractivity contribution in [3.63, 3.8) is 0 Å². The van der Waals surface area contributed by atoms with Gasteiger partial charge < -0.3 is 5.32 Å². The van der Waals surface area contributed by atoms with Gasteiger partial charge in [0.05, 0.1) is 6.54 Å². The SMILES string of the molecule is CCCC1(CNC2=NCC(C(C)C)S2)CC1. The number of thioether (sulfide) groups is 1. The van der Waals surface area contributed by atoms with Crippen molar-refractivity contribution < 1.29 is 0 Å². The Bertz CT molecular complexity index is 269. The average Bonchev–Trinajstić information content (AvgIpc) is 2.84. The number of nitrogens with zero attached hydrogens (tertiary/aromatic N) is 1. The maximum atomic E-state index is 4.60. The van der Waals surface area contributed by atoms with Gasteiger partial charge in [-0.05, 0) is 30.6 Å². The van der Waals surface area contributed by atoms with Crippen LogP contribution in [0.4, 0.5) is 0 Å². The highest BCUT2D eigenvalue weighted by Gasteiger charge is 2.41. The lowest BCUT2D eigenvalue weighted by Gasteiger charge is -2.16. The Morgan fingerprint density at radius 2 is 2.25 bits per heavy atom. The van der Waals surface area contributed by atoms with E-state index < -0.39 is 0 Å². The predicted octanol–water partition coefficient (Wildman–Crippen LogP) is 3.28. The average molecular weight is 240 g/mol. The monoisotopic (exact) mass is 240 g/mol. The van der Waals surface area contributed by atoms with Crippen molar-refractivity contribution in [3.8, 4) is 0 Å². The fourth-order valence-electron chi connectivity index (χ4n) is 2.32. The molecule has 0 radical (unpaired) electrons. The van der Waals surface area contributed by atoms with E-state index in [1.165, 1.54) is 30.9 Å². The molecular formula is C13H24N2S. The summed E-state index contributed by atoms with van der Waals surface area (Å²) in [6.07, 6.45) is 5.53. The molecule has 1 atom stereocenters. The molecule has 0 aromatic heterocycles. The number of hydrogen-bond acceptors (Lipinski definition) is 3. The van der Waals surface area contributed by atoms with Crippen LogP contribution in [0.5, 0.6) is 0 Å². The van der Waals surface area contributed by atoms with E-state index in [1.54, 1.807) is 0 Å². The van der Waals surface area contributed by atoms with Crippen molar-refractivity contribution in [2.24, 2.45) is 16.3 Å². The fraction of sp³-hybridized carbons (Fsp3) is 0.923. The first-order chi connectivity index (χ1) is 7.65. The van der Waals surface area contributed by atoms with Crippen LogP contribution in [0.15, 0.2) is 4.99 Å². The number of amidine groups is 1. The second-order valence-electron chi connectivity index (χ2n) is 5.65. The van der Waals surface area contributed by atoms with Gasteiger partial charge in [-0.3, -0.25) is 4.99 Å². The first-order valence-electron chi connectivity index (χ1n) is 6.60. The third-order valence-corrected chi connectivity index (χ3v) is 5.27. The van der Waals surface area contributed by atoms with Crippen molar-refractivity contribution in [1.82, 2.24) is 5.32 Å². The van der Waals surface area contributed by atoms with Crippen LogP contribution in [0.2, 0.25) is 0 Å². The molecule has 1 fully saturated rings. The lowest BCUT2D eigenvalue weighted by molar-refractivity contribution is 0.454. The fourth-order valence-corrected chi connectivity index (χ4v) is 3.33. The van der Waals surface area contributed by atoms with Crippen LogP contribution in [0.3, 0.4) is 0 Å². The third kappa shape index (κ3) is 2.93. The van der Waals surface area contributed by atoms with Gasteiger partial charge in [0.2, 0.25) is 0 Å². The first-order valence-corrected chi connectivity index (χ1v) is 7.48. The lowest BCUT2D eigenvalue weighted by atomic mass is 10.0. The number of hydrogen-bond donors (Lipinski definition) is 1. The minimum Gasteiger partial charge on any atom is -0.364 e. The van der Waals surface area contributed by atoms with Crippen LogP contribution in [-0.2, 0) is 0 Å². The van der Waals surface area contributed by atoms with E-state index in [2.05, 4.69) is 31.1 Å². The van der Waals surface area contributed by atoms with Crippen molar-refractivity contribution in [3.05, 3.63) is 0 Å². The molecule has 1 aliphatic heterocycles. The summed E-state index contributed by atoms with van der Waals surface area (Å²) in [7, 11) is 0. The van der Waals surface area contributed by atoms with Gasteiger partial charge in [0.25, 0.3) is 0 Å². The van der Waals surface area contributed by atoms with Gasteiger partial charge >= 0.3 is 0 Å². The summed E-state index contributed by atoms with van der Waals surface area (Å²) in [6.45, 7) is 9.02. The molecule has 16 heavy (non-hydrogen) atoms. The molecule has 0 bridgehead atoms. The predicted molar refractivity (Wildman–Crippen MR) is 73.1 cm³/mol. The first kappa shape index (κ1) is 12.3. The van der Waals surface area contributed by atoms with Crippen LogP contribution >= 0.6 is 11.8 Å². The molecule has 0 saturated heterocycles. The van der Waals surface area contributed by atoms with Gasteiger partial charge in [0, 0.05) is 11.8 Å². The minimum atomic E-state index is 0.633. The summed E-state index contributed by atoms with van der Waals surface area (Å²) in [6, 6.07) is 0. The quantitative estimate of drug-likeness (QED) is 0.797. The molecule has 2 aliphatic rings. The molecule has 0 aromatic rings. The van der Waals surface area contributed by atoms with Crippen molar-refractivity contribution in [2.75, 3.05) is 13.1 Å². The molecule has 2 nitrogen and oxygen atoms in total. The molecule has 1 saturated carbocycles. The Morgan fingerprint density at radius 3 is 2.75 bits per heavy atom. The second kappa shape index (κ2) is 4.99. The molecule has 0 aromatic carbocycles. The normalized spacial score (nSPS) is 27.0. The Kier molecular flexibility index (Phi) is 3.83. The Morgan fingerprint density at radius 1 is 1.50 bits per heavy atom. The summed E-state index contributed by atoms with van der Waals surface area (Å²) in [5, 5.41) is 5.46. The molecule has 2 rings (SSSR count). The van der Waals surface area contributed by atoms with Crippen LogP contribution < -0.4 is 5.32 Å². The highest BCUT2D eigenvalue weighted by atomic mass is 32.2. The summed E-state index contributed by atoms with van der Waals surface area (Å²) in [4.78, 5) is 4.60. The standard InChI is InChI=1S/C13H24N2S/c1-4-5-13(6-7-13)9-15-12-14-8-11(16-12)10(2)3/h10-11H,4-9H2,1-3H3,(H,14,15). The molecular weight excluding hydrogens is 216 g/mol. The zero-order chi connectivity index (χ0) is 11.6. The summed E-state index contributed by atoms with van der Waals surface area (Å²) in [5.74, 6) is 0.735. The molecule has 1 unspecified atom stereocenters. The second-order valence-corrected chi connectivity index (χ2v) is 6.88.